The van der Waals surface area contributed by atoms with Crippen LogP contribution >= 0.6 is 0 Å². The Morgan fingerprint density at radius 3 is 2.88 bits per heavy atom. The molecule has 132 valence electrons. The number of carbonyl (C=O) groups excluding carboxylic acids is 1. The van der Waals surface area contributed by atoms with Crippen molar-refractivity contribution < 1.29 is 13.9 Å². The fraction of sp³-hybridized carbons (Fsp3) is 0.250. The Bertz CT molecular complexity index is 949. The van der Waals surface area contributed by atoms with E-state index in [2.05, 4.69) is 34.6 Å². The number of nitrogens with zero attached hydrogens (tertiary/aromatic N) is 2. The Balaban J connectivity index is 1.41. The molecule has 0 saturated carbocycles. The first-order valence-electron chi connectivity index (χ1n) is 8.59. The van der Waals surface area contributed by atoms with Crippen LogP contribution in [0.3, 0.4) is 0 Å². The number of hydrogen-bond donors (Lipinski definition) is 1. The van der Waals surface area contributed by atoms with Crippen LogP contribution < -0.4 is 10.1 Å². The largest absolute Gasteiger partial charge is 0.484 e. The van der Waals surface area contributed by atoms with E-state index in [0.29, 0.717) is 36.1 Å². The van der Waals surface area contributed by atoms with Crippen molar-refractivity contribution in [3.63, 3.8) is 0 Å². The molecule has 4 rings (SSSR count). The van der Waals surface area contributed by atoms with Crippen LogP contribution in [0.2, 0.25) is 0 Å². The van der Waals surface area contributed by atoms with E-state index in [4.69, 9.17) is 9.15 Å². The van der Waals surface area contributed by atoms with Gasteiger partial charge in [-0.3, -0.25) is 4.79 Å². The van der Waals surface area contributed by atoms with E-state index in [-0.39, 0.29) is 12.5 Å². The summed E-state index contributed by atoms with van der Waals surface area (Å²) in [6, 6.07) is 13.6. The summed E-state index contributed by atoms with van der Waals surface area (Å²) in [5.74, 6) is 1.66. The zero-order valence-electron chi connectivity index (χ0n) is 14.5. The normalized spacial score (nSPS) is 13.2. The van der Waals surface area contributed by atoms with E-state index in [1.165, 1.54) is 5.56 Å². The van der Waals surface area contributed by atoms with Gasteiger partial charge in [0, 0.05) is 12.1 Å². The average Bonchev–Trinajstić information content (AvgIpc) is 3.09. The molecule has 1 amide bonds. The van der Waals surface area contributed by atoms with Crippen molar-refractivity contribution in [1.29, 1.82) is 0 Å². The molecule has 2 aromatic carbocycles. The van der Waals surface area contributed by atoms with Gasteiger partial charge in [0.1, 0.15) is 5.75 Å². The zero-order chi connectivity index (χ0) is 17.9. The lowest BCUT2D eigenvalue weighted by Gasteiger charge is -2.17. The van der Waals surface area contributed by atoms with Crippen molar-refractivity contribution in [2.75, 3.05) is 6.54 Å². The zero-order valence-corrected chi connectivity index (χ0v) is 14.5. The Hall–Kier alpha value is -3.15. The summed E-state index contributed by atoms with van der Waals surface area (Å²) in [6.07, 6.45) is 1.41. The van der Waals surface area contributed by atoms with Crippen LogP contribution in [-0.4, -0.2) is 22.6 Å². The van der Waals surface area contributed by atoms with Crippen molar-refractivity contribution in [2.24, 2.45) is 0 Å². The SMILES string of the molecule is Cc1ccccc1Cc1nnc(COc2ccc3c(c2)CCNC3=O)o1. The molecule has 0 aliphatic carbocycles. The molecule has 6 nitrogen and oxygen atoms in total. The highest BCUT2D eigenvalue weighted by Gasteiger charge is 2.17. The summed E-state index contributed by atoms with van der Waals surface area (Å²) in [7, 11) is 0. The number of aromatic nitrogens is 2. The molecular weight excluding hydrogens is 330 g/mol. The minimum atomic E-state index is -0.0319. The molecule has 2 heterocycles. The van der Waals surface area contributed by atoms with Gasteiger partial charge in [0.2, 0.25) is 5.89 Å². The van der Waals surface area contributed by atoms with Crippen molar-refractivity contribution in [2.45, 2.75) is 26.4 Å². The predicted octanol–water partition coefficient (Wildman–Crippen LogP) is 2.83. The van der Waals surface area contributed by atoms with Gasteiger partial charge in [-0.15, -0.1) is 10.2 Å². The summed E-state index contributed by atoms with van der Waals surface area (Å²) >= 11 is 0. The minimum absolute atomic E-state index is 0.0319. The maximum absolute atomic E-state index is 11.8. The fourth-order valence-electron chi connectivity index (χ4n) is 3.03. The average molecular weight is 349 g/mol. The second-order valence-electron chi connectivity index (χ2n) is 6.31. The molecule has 26 heavy (non-hydrogen) atoms. The van der Waals surface area contributed by atoms with Crippen LogP contribution in [0.15, 0.2) is 46.9 Å². The van der Waals surface area contributed by atoms with Crippen molar-refractivity contribution in [1.82, 2.24) is 15.5 Å². The lowest BCUT2D eigenvalue weighted by atomic mass is 10.0. The lowest BCUT2D eigenvalue weighted by molar-refractivity contribution is 0.0946. The molecule has 0 saturated heterocycles. The first-order chi connectivity index (χ1) is 12.7. The van der Waals surface area contributed by atoms with Crippen LogP contribution in [-0.2, 0) is 19.4 Å². The van der Waals surface area contributed by atoms with E-state index < -0.39 is 0 Å². The minimum Gasteiger partial charge on any atom is -0.484 e. The van der Waals surface area contributed by atoms with Gasteiger partial charge in [-0.2, -0.15) is 0 Å². The monoisotopic (exact) mass is 349 g/mol. The number of carbonyl (C=O) groups is 1. The quantitative estimate of drug-likeness (QED) is 0.766. The molecule has 1 aliphatic rings. The maximum atomic E-state index is 11.8. The van der Waals surface area contributed by atoms with Gasteiger partial charge in [0.15, 0.2) is 6.61 Å². The van der Waals surface area contributed by atoms with Gasteiger partial charge in [-0.25, -0.2) is 0 Å². The van der Waals surface area contributed by atoms with Crippen LogP contribution in [0.1, 0.15) is 38.8 Å². The van der Waals surface area contributed by atoms with Gasteiger partial charge in [-0.1, -0.05) is 24.3 Å². The molecule has 6 heteroatoms. The molecular formula is C20H19N3O3. The highest BCUT2D eigenvalue weighted by Crippen LogP contribution is 2.21. The fourth-order valence-corrected chi connectivity index (χ4v) is 3.03. The summed E-state index contributed by atoms with van der Waals surface area (Å²) in [6.45, 7) is 2.92. The molecule has 1 aliphatic heterocycles. The smallest absolute Gasteiger partial charge is 0.253 e. The standard InChI is InChI=1S/C20H19N3O3/c1-13-4-2-3-5-14(13)11-18-22-23-19(26-18)12-25-16-6-7-17-15(10-16)8-9-21-20(17)24/h2-7,10H,8-9,11-12H2,1H3,(H,21,24). The Morgan fingerprint density at radius 2 is 2.00 bits per heavy atom. The third kappa shape index (κ3) is 3.44. The van der Waals surface area contributed by atoms with E-state index in [1.807, 2.05) is 18.2 Å². The Morgan fingerprint density at radius 1 is 1.15 bits per heavy atom. The molecule has 0 radical (unpaired) electrons. The summed E-state index contributed by atoms with van der Waals surface area (Å²) in [4.78, 5) is 11.8. The van der Waals surface area contributed by atoms with E-state index in [9.17, 15) is 4.79 Å². The predicted molar refractivity (Wildman–Crippen MR) is 95.1 cm³/mol. The number of fused-ring (bicyclic) bond motifs is 1. The summed E-state index contributed by atoms with van der Waals surface area (Å²) < 4.78 is 11.4. The summed E-state index contributed by atoms with van der Waals surface area (Å²) in [5.41, 5.74) is 4.07. The van der Waals surface area contributed by atoms with E-state index in [0.717, 1.165) is 17.5 Å². The molecule has 0 atom stereocenters. The molecule has 1 N–H and O–H groups in total. The van der Waals surface area contributed by atoms with Crippen molar-refractivity contribution in [3.8, 4) is 5.75 Å². The molecule has 0 bridgehead atoms. The second-order valence-corrected chi connectivity index (χ2v) is 6.31. The molecule has 3 aromatic rings. The third-order valence-corrected chi connectivity index (χ3v) is 4.48. The number of aryl methyl sites for hydroxylation is 1. The molecule has 0 fully saturated rings. The molecule has 1 aromatic heterocycles. The Labute approximate surface area is 151 Å². The van der Waals surface area contributed by atoms with Gasteiger partial charge in [-0.05, 0) is 48.2 Å². The van der Waals surface area contributed by atoms with Crippen LogP contribution in [0.4, 0.5) is 0 Å². The molecule has 0 spiro atoms. The highest BCUT2D eigenvalue weighted by atomic mass is 16.5. The first kappa shape index (κ1) is 16.3. The van der Waals surface area contributed by atoms with Crippen LogP contribution in [0.25, 0.3) is 0 Å². The number of amides is 1. The van der Waals surface area contributed by atoms with Gasteiger partial charge in [0.25, 0.3) is 11.8 Å². The maximum Gasteiger partial charge on any atom is 0.253 e. The number of nitrogens with one attached hydrogen (secondary N) is 1. The van der Waals surface area contributed by atoms with Crippen molar-refractivity contribution in [3.05, 3.63) is 76.5 Å². The van der Waals surface area contributed by atoms with E-state index in [1.54, 1.807) is 12.1 Å². The lowest BCUT2D eigenvalue weighted by Crippen LogP contribution is -2.31. The third-order valence-electron chi connectivity index (χ3n) is 4.48. The number of rotatable bonds is 5. The number of benzene rings is 2. The number of ether oxygens (including phenoxy) is 1. The van der Waals surface area contributed by atoms with Gasteiger partial charge < -0.3 is 14.5 Å². The Kier molecular flexibility index (Phi) is 4.39. The topological polar surface area (TPSA) is 77.3 Å². The number of hydrogen-bond acceptors (Lipinski definition) is 5. The van der Waals surface area contributed by atoms with Crippen LogP contribution in [0, 0.1) is 6.92 Å². The van der Waals surface area contributed by atoms with Gasteiger partial charge >= 0.3 is 0 Å². The van der Waals surface area contributed by atoms with Crippen LogP contribution in [0.5, 0.6) is 5.75 Å². The van der Waals surface area contributed by atoms with Gasteiger partial charge in [0.05, 0.1) is 6.42 Å². The molecule has 0 unspecified atom stereocenters. The van der Waals surface area contributed by atoms with E-state index >= 15 is 0 Å². The summed E-state index contributed by atoms with van der Waals surface area (Å²) in [5, 5.41) is 11.0. The first-order valence-corrected chi connectivity index (χ1v) is 8.59. The second kappa shape index (κ2) is 7.00. The highest BCUT2D eigenvalue weighted by molar-refractivity contribution is 5.96. The van der Waals surface area contributed by atoms with Crippen molar-refractivity contribution >= 4 is 5.91 Å².